The number of nitrogens with one attached hydrogen (secondary N) is 1. The van der Waals surface area contributed by atoms with Crippen LogP contribution in [-0.4, -0.2) is 30.6 Å². The molecule has 2 aliphatic rings. The molecule has 1 saturated carbocycles. The number of hydrogen-bond acceptors (Lipinski definition) is 2. The lowest BCUT2D eigenvalue weighted by atomic mass is 10.0. The lowest BCUT2D eigenvalue weighted by Gasteiger charge is -2.33. The third kappa shape index (κ3) is 3.01. The van der Waals surface area contributed by atoms with Gasteiger partial charge >= 0.3 is 0 Å². The Balaban J connectivity index is 1.60. The van der Waals surface area contributed by atoms with Gasteiger partial charge in [0.05, 0.1) is 0 Å². The number of hydrogen-bond donors (Lipinski definition) is 1. The maximum absolute atomic E-state index is 5.92. The van der Waals surface area contributed by atoms with Crippen molar-refractivity contribution in [2.75, 3.05) is 19.6 Å². The second-order valence-corrected chi connectivity index (χ2v) is 5.75. The van der Waals surface area contributed by atoms with Crippen LogP contribution in [0.15, 0.2) is 24.3 Å². The van der Waals surface area contributed by atoms with Crippen LogP contribution < -0.4 is 5.32 Å². The number of nitrogens with zero attached hydrogens (tertiary/aromatic N) is 1. The van der Waals surface area contributed by atoms with E-state index in [1.165, 1.54) is 38.0 Å². The van der Waals surface area contributed by atoms with Crippen molar-refractivity contribution in [1.82, 2.24) is 10.2 Å². The van der Waals surface area contributed by atoms with Gasteiger partial charge in [-0.15, -0.1) is 0 Å². The number of halogens is 1. The lowest BCUT2D eigenvalue weighted by Crippen LogP contribution is -2.48. The molecule has 3 heteroatoms. The summed E-state index contributed by atoms with van der Waals surface area (Å²) >= 11 is 5.92. The fourth-order valence-corrected chi connectivity index (χ4v) is 2.54. The number of rotatable bonds is 5. The molecule has 3 rings (SSSR count). The predicted octanol–water partition coefficient (Wildman–Crippen LogP) is 2.52. The molecule has 1 N–H and O–H groups in total. The fraction of sp³-hybridized carbons (Fsp3) is 0.571. The molecule has 1 aromatic rings. The lowest BCUT2D eigenvalue weighted by molar-refractivity contribution is 0.178. The molecule has 1 saturated heterocycles. The molecular formula is C14H19ClN2. The summed E-state index contributed by atoms with van der Waals surface area (Å²) in [5, 5.41) is 4.18. The summed E-state index contributed by atoms with van der Waals surface area (Å²) in [7, 11) is 0. The summed E-state index contributed by atoms with van der Waals surface area (Å²) in [5.41, 5.74) is 1.38. The van der Waals surface area contributed by atoms with E-state index in [4.69, 9.17) is 11.6 Å². The van der Waals surface area contributed by atoms with Crippen molar-refractivity contribution < 1.29 is 0 Å². The molecule has 92 valence electrons. The zero-order valence-electron chi connectivity index (χ0n) is 10.0. The van der Waals surface area contributed by atoms with Gasteiger partial charge in [-0.3, -0.25) is 4.90 Å². The molecule has 1 aliphatic heterocycles. The van der Waals surface area contributed by atoms with Crippen molar-refractivity contribution in [2.24, 2.45) is 5.92 Å². The van der Waals surface area contributed by atoms with Crippen molar-refractivity contribution in [1.29, 1.82) is 0 Å². The van der Waals surface area contributed by atoms with Gasteiger partial charge in [0.15, 0.2) is 0 Å². The van der Waals surface area contributed by atoms with E-state index < -0.39 is 0 Å². The standard InChI is InChI=1S/C14H19ClN2/c15-13-3-1-11(2-4-13)9-17(14-5-6-14)10-12-7-16-8-12/h1-4,12,14,16H,5-10H2. The molecule has 17 heavy (non-hydrogen) atoms. The third-order valence-electron chi connectivity index (χ3n) is 3.72. The van der Waals surface area contributed by atoms with E-state index in [0.29, 0.717) is 0 Å². The van der Waals surface area contributed by atoms with Crippen LogP contribution in [0.3, 0.4) is 0 Å². The summed E-state index contributed by atoms with van der Waals surface area (Å²) in [4.78, 5) is 2.65. The molecule has 0 aromatic heterocycles. The Bertz CT molecular complexity index is 368. The Labute approximate surface area is 108 Å². The molecule has 2 nitrogen and oxygen atoms in total. The van der Waals surface area contributed by atoms with Crippen LogP contribution in [0.5, 0.6) is 0 Å². The first kappa shape index (κ1) is 11.5. The van der Waals surface area contributed by atoms with Gasteiger partial charge in [-0.05, 0) is 36.5 Å². The summed E-state index contributed by atoms with van der Waals surface area (Å²) in [5.74, 6) is 0.864. The van der Waals surface area contributed by atoms with Crippen LogP contribution in [0.4, 0.5) is 0 Å². The normalized spacial score (nSPS) is 20.6. The predicted molar refractivity (Wildman–Crippen MR) is 71.2 cm³/mol. The first-order valence-electron chi connectivity index (χ1n) is 6.50. The van der Waals surface area contributed by atoms with Gasteiger partial charge in [0.1, 0.15) is 0 Å². The van der Waals surface area contributed by atoms with E-state index in [-0.39, 0.29) is 0 Å². The van der Waals surface area contributed by atoms with E-state index >= 15 is 0 Å². The third-order valence-corrected chi connectivity index (χ3v) is 3.97. The Kier molecular flexibility index (Phi) is 3.37. The minimum Gasteiger partial charge on any atom is -0.316 e. The van der Waals surface area contributed by atoms with Gasteiger partial charge in [0, 0.05) is 37.2 Å². The quantitative estimate of drug-likeness (QED) is 0.864. The average Bonchev–Trinajstić information content (AvgIpc) is 3.08. The van der Waals surface area contributed by atoms with Gasteiger partial charge in [0.25, 0.3) is 0 Å². The Morgan fingerprint density at radius 3 is 2.41 bits per heavy atom. The molecule has 0 bridgehead atoms. The summed E-state index contributed by atoms with van der Waals surface area (Å²) in [6.45, 7) is 4.73. The van der Waals surface area contributed by atoms with Crippen molar-refractivity contribution in [2.45, 2.75) is 25.4 Å². The maximum atomic E-state index is 5.92. The second-order valence-electron chi connectivity index (χ2n) is 5.31. The molecule has 0 radical (unpaired) electrons. The first-order valence-corrected chi connectivity index (χ1v) is 6.88. The van der Waals surface area contributed by atoms with Crippen LogP contribution in [0.25, 0.3) is 0 Å². The maximum Gasteiger partial charge on any atom is 0.0406 e. The van der Waals surface area contributed by atoms with E-state index in [1.807, 2.05) is 12.1 Å². The van der Waals surface area contributed by atoms with Crippen molar-refractivity contribution in [3.8, 4) is 0 Å². The van der Waals surface area contributed by atoms with Gasteiger partial charge < -0.3 is 5.32 Å². The smallest absolute Gasteiger partial charge is 0.0406 e. The topological polar surface area (TPSA) is 15.3 Å². The minimum absolute atomic E-state index is 0.829. The highest BCUT2D eigenvalue weighted by molar-refractivity contribution is 6.30. The van der Waals surface area contributed by atoms with Crippen LogP contribution in [0.2, 0.25) is 5.02 Å². The van der Waals surface area contributed by atoms with Crippen molar-refractivity contribution in [3.63, 3.8) is 0 Å². The van der Waals surface area contributed by atoms with E-state index in [0.717, 1.165) is 23.5 Å². The highest BCUT2D eigenvalue weighted by Gasteiger charge is 2.31. The molecule has 1 aromatic carbocycles. The molecule has 2 fully saturated rings. The second kappa shape index (κ2) is 4.97. The van der Waals surface area contributed by atoms with Crippen LogP contribution in [-0.2, 0) is 6.54 Å². The Hall–Kier alpha value is -0.570. The zero-order valence-corrected chi connectivity index (χ0v) is 10.8. The summed E-state index contributed by atoms with van der Waals surface area (Å²) < 4.78 is 0. The molecule has 0 unspecified atom stereocenters. The van der Waals surface area contributed by atoms with Crippen molar-refractivity contribution in [3.05, 3.63) is 34.9 Å². The van der Waals surface area contributed by atoms with E-state index in [2.05, 4.69) is 22.3 Å². The van der Waals surface area contributed by atoms with E-state index in [9.17, 15) is 0 Å². The molecule has 0 amide bonds. The first-order chi connectivity index (χ1) is 8.31. The molecule has 1 aliphatic carbocycles. The number of benzene rings is 1. The Morgan fingerprint density at radius 1 is 1.18 bits per heavy atom. The van der Waals surface area contributed by atoms with Gasteiger partial charge in [-0.25, -0.2) is 0 Å². The SMILES string of the molecule is Clc1ccc(CN(CC2CNC2)C2CC2)cc1. The summed E-state index contributed by atoms with van der Waals surface area (Å²) in [6.07, 6.45) is 2.77. The molecule has 0 atom stereocenters. The monoisotopic (exact) mass is 250 g/mol. The molecule has 0 spiro atoms. The highest BCUT2D eigenvalue weighted by Crippen LogP contribution is 2.29. The highest BCUT2D eigenvalue weighted by atomic mass is 35.5. The van der Waals surface area contributed by atoms with Crippen LogP contribution in [0.1, 0.15) is 18.4 Å². The molecular weight excluding hydrogens is 232 g/mol. The fourth-order valence-electron chi connectivity index (χ4n) is 2.42. The Morgan fingerprint density at radius 2 is 1.88 bits per heavy atom. The van der Waals surface area contributed by atoms with Gasteiger partial charge in [0.2, 0.25) is 0 Å². The van der Waals surface area contributed by atoms with Crippen molar-refractivity contribution >= 4 is 11.6 Å². The minimum atomic E-state index is 0.829. The van der Waals surface area contributed by atoms with Gasteiger partial charge in [-0.2, -0.15) is 0 Å². The van der Waals surface area contributed by atoms with Gasteiger partial charge in [-0.1, -0.05) is 23.7 Å². The average molecular weight is 251 g/mol. The van der Waals surface area contributed by atoms with Crippen LogP contribution >= 0.6 is 11.6 Å². The largest absolute Gasteiger partial charge is 0.316 e. The molecule has 1 heterocycles. The zero-order chi connectivity index (χ0) is 11.7. The van der Waals surface area contributed by atoms with E-state index in [1.54, 1.807) is 0 Å². The van der Waals surface area contributed by atoms with Crippen LogP contribution in [0, 0.1) is 5.92 Å². The summed E-state index contributed by atoms with van der Waals surface area (Å²) in [6, 6.07) is 9.12.